The summed E-state index contributed by atoms with van der Waals surface area (Å²) >= 11 is 0.995. The molecule has 3 aromatic carbocycles. The summed E-state index contributed by atoms with van der Waals surface area (Å²) in [6.07, 6.45) is 1.84. The minimum Gasteiger partial charge on any atom is -0.494 e. The number of aromatic nitrogens is 1. The summed E-state index contributed by atoms with van der Waals surface area (Å²) in [7, 11) is 0. The van der Waals surface area contributed by atoms with Crippen LogP contribution in [0.1, 0.15) is 63.3 Å². The first-order valence-corrected chi connectivity index (χ1v) is 14.7. The number of H-pyrrole nitrogens is 1. The van der Waals surface area contributed by atoms with Crippen molar-refractivity contribution in [3.63, 3.8) is 0 Å². The number of carbonyl (C=O) groups is 2. The zero-order valence-electron chi connectivity index (χ0n) is 24.7. The summed E-state index contributed by atoms with van der Waals surface area (Å²) in [5.74, 6) is 0.865. The van der Waals surface area contributed by atoms with Gasteiger partial charge in [0.05, 0.1) is 4.88 Å². The van der Waals surface area contributed by atoms with Gasteiger partial charge in [0.15, 0.2) is 0 Å². The molecule has 0 radical (unpaired) electrons. The van der Waals surface area contributed by atoms with Gasteiger partial charge in [-0.1, -0.05) is 35.6 Å². The lowest BCUT2D eigenvalue weighted by Crippen LogP contribution is -2.42. The predicted molar refractivity (Wildman–Crippen MR) is 162 cm³/mol. The van der Waals surface area contributed by atoms with Crippen LogP contribution in [-0.4, -0.2) is 34.2 Å². The maximum Gasteiger partial charge on any atom is 0.347 e. The smallest absolute Gasteiger partial charge is 0.347 e. The summed E-state index contributed by atoms with van der Waals surface area (Å²) < 4.78 is 23.8. The summed E-state index contributed by atoms with van der Waals surface area (Å²) in [5.41, 5.74) is 4.00. The Morgan fingerprint density at radius 3 is 2.42 bits per heavy atom. The van der Waals surface area contributed by atoms with Gasteiger partial charge in [0.2, 0.25) is 5.88 Å². The van der Waals surface area contributed by atoms with Crippen molar-refractivity contribution in [3.8, 4) is 28.9 Å². The Hall–Kier alpha value is -4.57. The van der Waals surface area contributed by atoms with E-state index in [1.807, 2.05) is 52.0 Å². The number of rotatable bonds is 8. The van der Waals surface area contributed by atoms with Crippen molar-refractivity contribution >= 4 is 23.3 Å². The van der Waals surface area contributed by atoms with Gasteiger partial charge in [0, 0.05) is 18.9 Å². The Morgan fingerprint density at radius 1 is 1.02 bits per heavy atom. The molecule has 2 heterocycles. The van der Waals surface area contributed by atoms with E-state index in [-0.39, 0.29) is 22.1 Å². The summed E-state index contributed by atoms with van der Waals surface area (Å²) in [4.78, 5) is 38.8. The second-order valence-corrected chi connectivity index (χ2v) is 12.0. The van der Waals surface area contributed by atoms with E-state index in [0.717, 1.165) is 44.9 Å². The maximum absolute atomic E-state index is 13.2. The highest BCUT2D eigenvalue weighted by atomic mass is 32.1. The van der Waals surface area contributed by atoms with Crippen LogP contribution in [0.4, 0.5) is 0 Å². The van der Waals surface area contributed by atoms with Crippen molar-refractivity contribution in [1.29, 1.82) is 0 Å². The van der Waals surface area contributed by atoms with Crippen LogP contribution in [0, 0.1) is 20.8 Å². The molecule has 10 heteroatoms. The lowest BCUT2D eigenvalue weighted by molar-refractivity contribution is -0.131. The molecule has 5 rings (SSSR count). The normalized spacial score (nSPS) is 15.7. The van der Waals surface area contributed by atoms with Crippen LogP contribution >= 0.6 is 11.3 Å². The van der Waals surface area contributed by atoms with E-state index in [4.69, 9.17) is 18.9 Å². The molecular formula is C33H33NO8S. The zero-order chi connectivity index (χ0) is 30.9. The third-order valence-corrected chi connectivity index (χ3v) is 8.52. The van der Waals surface area contributed by atoms with Crippen LogP contribution in [0.3, 0.4) is 0 Å². The molecule has 1 atom stereocenters. The van der Waals surface area contributed by atoms with Gasteiger partial charge in [0.25, 0.3) is 0 Å². The quantitative estimate of drug-likeness (QED) is 0.187. The highest BCUT2D eigenvalue weighted by molar-refractivity contribution is 7.09. The molecule has 1 aliphatic heterocycles. The van der Waals surface area contributed by atoms with E-state index >= 15 is 0 Å². The van der Waals surface area contributed by atoms with Gasteiger partial charge >= 0.3 is 16.8 Å². The molecule has 1 unspecified atom stereocenters. The van der Waals surface area contributed by atoms with E-state index in [1.54, 1.807) is 24.3 Å². The number of para-hydroxylation sites is 1. The fourth-order valence-corrected chi connectivity index (χ4v) is 5.92. The minimum absolute atomic E-state index is 0.0892. The van der Waals surface area contributed by atoms with Crippen molar-refractivity contribution in [3.05, 3.63) is 96.5 Å². The van der Waals surface area contributed by atoms with Crippen molar-refractivity contribution in [2.45, 2.75) is 59.5 Å². The Kier molecular flexibility index (Phi) is 8.32. The van der Waals surface area contributed by atoms with Crippen LogP contribution in [0.5, 0.6) is 28.9 Å². The monoisotopic (exact) mass is 603 g/mol. The molecule has 43 heavy (non-hydrogen) atoms. The summed E-state index contributed by atoms with van der Waals surface area (Å²) in [5, 5.41) is 9.84. The van der Waals surface area contributed by atoms with Crippen molar-refractivity contribution in [1.82, 2.24) is 4.98 Å². The average Bonchev–Trinajstić information content (AvgIpc) is 3.29. The first kappa shape index (κ1) is 29.9. The number of fused-ring (bicyclic) bond motifs is 1. The number of ether oxygens (including phenoxy) is 4. The van der Waals surface area contributed by atoms with E-state index in [9.17, 15) is 19.5 Å². The molecule has 0 saturated carbocycles. The third kappa shape index (κ3) is 6.44. The number of nitrogens with one attached hydrogen (secondary N) is 1. The third-order valence-electron chi connectivity index (χ3n) is 7.65. The Balaban J connectivity index is 1.29. The van der Waals surface area contributed by atoms with Gasteiger partial charge in [-0.15, -0.1) is 0 Å². The SMILES string of the molecule is CC(=O)Oc1ccccc1C(=O)Oc1c(C)c(C)c2c(c1C)CCC(C)(COc1ccc(Cc3sc(=O)[nH]c3O)cc1)O2. The fraction of sp³-hybridized carbons (Fsp3) is 0.303. The second-order valence-electron chi connectivity index (χ2n) is 10.9. The number of thiazole rings is 1. The zero-order valence-corrected chi connectivity index (χ0v) is 25.5. The van der Waals surface area contributed by atoms with Crippen molar-refractivity contribution in [2.24, 2.45) is 0 Å². The van der Waals surface area contributed by atoms with Gasteiger partial charge in [-0.05, 0) is 87.1 Å². The molecule has 2 N–H and O–H groups in total. The molecule has 0 fully saturated rings. The molecule has 1 aromatic heterocycles. The van der Waals surface area contributed by atoms with Crippen molar-refractivity contribution in [2.75, 3.05) is 6.61 Å². The predicted octanol–water partition coefficient (Wildman–Crippen LogP) is 5.97. The minimum atomic E-state index is -0.607. The van der Waals surface area contributed by atoms with Crippen LogP contribution < -0.4 is 23.8 Å². The Morgan fingerprint density at radius 2 is 1.74 bits per heavy atom. The molecule has 0 aliphatic carbocycles. The molecule has 0 spiro atoms. The van der Waals surface area contributed by atoms with Gasteiger partial charge in [0.1, 0.15) is 40.8 Å². The van der Waals surface area contributed by atoms with Gasteiger partial charge < -0.3 is 24.1 Å². The number of hydrogen-bond acceptors (Lipinski definition) is 9. The summed E-state index contributed by atoms with van der Waals surface area (Å²) in [6.45, 7) is 9.38. The first-order valence-electron chi connectivity index (χ1n) is 13.9. The molecule has 224 valence electrons. The first-order chi connectivity index (χ1) is 20.4. The summed E-state index contributed by atoms with van der Waals surface area (Å²) in [6, 6.07) is 14.0. The van der Waals surface area contributed by atoms with E-state index < -0.39 is 17.5 Å². The molecular weight excluding hydrogens is 570 g/mol. The Bertz CT molecular complexity index is 1750. The standard InChI is InChI=1S/C33H33NO8S/c1-18-19(2)29-24(20(3)28(18)41-31(37)25-8-6-7-9-26(25)40-21(4)35)14-15-33(5,42-29)17-39-23-12-10-22(11-13-23)16-27-30(36)34-32(38)43-27/h6-13,36H,14-17H2,1-5H3,(H,34,38). The Labute approximate surface area is 253 Å². The maximum atomic E-state index is 13.2. The number of hydrogen-bond donors (Lipinski definition) is 2. The molecule has 1 aliphatic rings. The van der Waals surface area contributed by atoms with E-state index in [2.05, 4.69) is 4.98 Å². The highest BCUT2D eigenvalue weighted by Gasteiger charge is 2.36. The molecule has 9 nitrogen and oxygen atoms in total. The van der Waals surface area contributed by atoms with Gasteiger partial charge in [-0.3, -0.25) is 14.6 Å². The highest BCUT2D eigenvalue weighted by Crippen LogP contribution is 2.44. The van der Waals surface area contributed by atoms with E-state index in [0.29, 0.717) is 42.2 Å². The van der Waals surface area contributed by atoms with Crippen LogP contribution in [-0.2, 0) is 17.6 Å². The number of esters is 2. The van der Waals surface area contributed by atoms with Crippen molar-refractivity contribution < 1.29 is 33.6 Å². The lowest BCUT2D eigenvalue weighted by atomic mass is 9.87. The number of aromatic amines is 1. The van der Waals surface area contributed by atoms with Crippen LogP contribution in [0.25, 0.3) is 0 Å². The average molecular weight is 604 g/mol. The van der Waals surface area contributed by atoms with Gasteiger partial charge in [-0.25, -0.2) is 4.79 Å². The second kappa shape index (κ2) is 12.0. The molecule has 0 bridgehead atoms. The van der Waals surface area contributed by atoms with E-state index in [1.165, 1.54) is 6.92 Å². The number of benzene rings is 3. The number of aromatic hydroxyl groups is 1. The molecule has 4 aromatic rings. The molecule has 0 saturated heterocycles. The fourth-order valence-electron chi connectivity index (χ4n) is 5.16. The van der Waals surface area contributed by atoms with Gasteiger partial charge in [-0.2, -0.15) is 0 Å². The molecule has 0 amide bonds. The number of carbonyl (C=O) groups excluding carboxylic acids is 2. The lowest BCUT2D eigenvalue weighted by Gasteiger charge is -2.37. The largest absolute Gasteiger partial charge is 0.494 e. The van der Waals surface area contributed by atoms with Crippen LogP contribution in [0.2, 0.25) is 0 Å². The topological polar surface area (TPSA) is 124 Å². The van der Waals surface area contributed by atoms with Crippen LogP contribution in [0.15, 0.2) is 53.3 Å².